The molecule has 0 spiro atoms. The summed E-state index contributed by atoms with van der Waals surface area (Å²) < 4.78 is 0. The second-order valence-corrected chi connectivity index (χ2v) is 3.32. The van der Waals surface area contributed by atoms with Gasteiger partial charge in [-0.2, -0.15) is 0 Å². The van der Waals surface area contributed by atoms with Crippen molar-refractivity contribution in [3.05, 3.63) is 29.8 Å². The van der Waals surface area contributed by atoms with Gasteiger partial charge in [0, 0.05) is 12.0 Å². The van der Waals surface area contributed by atoms with Crippen LogP contribution in [0.5, 0.6) is 5.75 Å². The fourth-order valence-electron chi connectivity index (χ4n) is 1.21. The zero-order valence-corrected chi connectivity index (χ0v) is 8.88. The maximum Gasteiger partial charge on any atom is 0.327 e. The lowest BCUT2D eigenvalue weighted by atomic mass is 10.1. The third kappa shape index (κ3) is 3.54. The molecule has 0 bridgehead atoms. The topological polar surface area (TPSA) is 86.6 Å². The number of phenolic OH excluding ortho intramolecular Hbond substituents is 1. The van der Waals surface area contributed by atoms with Gasteiger partial charge >= 0.3 is 5.97 Å². The average Bonchev–Trinajstić information content (AvgIpc) is 2.28. The molecule has 1 aromatic carbocycles. The monoisotopic (exact) mass is 233 g/mol. The average molecular weight is 233 g/mol. The number of carboxylic acids is 1. The molecule has 1 unspecified atom stereocenters. The number of aromatic hydroxyl groups is 1. The van der Waals surface area contributed by atoms with Gasteiger partial charge in [0.25, 0.3) is 5.91 Å². The number of carbonyl (C=O) groups is 2. The zero-order chi connectivity index (χ0) is 12.8. The number of carbonyl (C=O) groups excluding carboxylic acids is 1. The molecule has 0 fully saturated rings. The summed E-state index contributed by atoms with van der Waals surface area (Å²) in [5.41, 5.74) is 0.174. The minimum absolute atomic E-state index is 0.0681. The van der Waals surface area contributed by atoms with Crippen molar-refractivity contribution in [1.29, 1.82) is 0 Å². The molecule has 88 valence electrons. The van der Waals surface area contributed by atoms with Crippen LogP contribution in [0.4, 0.5) is 0 Å². The van der Waals surface area contributed by atoms with Crippen LogP contribution in [0.25, 0.3) is 0 Å². The fourth-order valence-corrected chi connectivity index (χ4v) is 1.21. The molecule has 0 saturated carbocycles. The molecule has 0 aliphatic rings. The smallest absolute Gasteiger partial charge is 0.327 e. The molecule has 5 heteroatoms. The highest BCUT2D eigenvalue weighted by Gasteiger charge is 2.19. The molecule has 0 aliphatic carbocycles. The molecule has 0 saturated heterocycles. The molecule has 3 N–H and O–H groups in total. The quantitative estimate of drug-likeness (QED) is 0.664. The lowest BCUT2D eigenvalue weighted by molar-refractivity contribution is -0.139. The second-order valence-electron chi connectivity index (χ2n) is 3.32. The molecule has 17 heavy (non-hydrogen) atoms. The molecule has 5 nitrogen and oxygen atoms in total. The normalized spacial score (nSPS) is 11.2. The van der Waals surface area contributed by atoms with Crippen molar-refractivity contribution >= 4 is 11.9 Å². The van der Waals surface area contributed by atoms with Crippen molar-refractivity contribution in [2.24, 2.45) is 0 Å². The Morgan fingerprint density at radius 1 is 1.47 bits per heavy atom. The van der Waals surface area contributed by atoms with Crippen molar-refractivity contribution in [2.75, 3.05) is 0 Å². The molecular weight excluding hydrogens is 222 g/mol. The Kier molecular flexibility index (Phi) is 4.12. The van der Waals surface area contributed by atoms with Gasteiger partial charge in [0.1, 0.15) is 11.8 Å². The highest BCUT2D eigenvalue weighted by Crippen LogP contribution is 2.10. The van der Waals surface area contributed by atoms with E-state index in [-0.39, 0.29) is 17.7 Å². The van der Waals surface area contributed by atoms with Crippen LogP contribution < -0.4 is 5.32 Å². The van der Waals surface area contributed by atoms with Crippen molar-refractivity contribution in [3.63, 3.8) is 0 Å². The number of nitrogens with one attached hydrogen (secondary N) is 1. The summed E-state index contributed by atoms with van der Waals surface area (Å²) in [4.78, 5) is 22.4. The molecular formula is C12H11NO4. The van der Waals surface area contributed by atoms with Crippen LogP contribution in [0.15, 0.2) is 24.3 Å². The Morgan fingerprint density at radius 3 is 2.71 bits per heavy atom. The number of hydrogen-bond acceptors (Lipinski definition) is 3. The SMILES string of the molecule is C#CCC(NC(=O)c1cccc(O)c1)C(=O)O. The van der Waals surface area contributed by atoms with Gasteiger partial charge in [0.05, 0.1) is 0 Å². The summed E-state index contributed by atoms with van der Waals surface area (Å²) in [5.74, 6) is 0.313. The number of aliphatic carboxylic acids is 1. The van der Waals surface area contributed by atoms with Gasteiger partial charge in [-0.3, -0.25) is 4.79 Å². The molecule has 1 aromatic rings. The Hall–Kier alpha value is -2.48. The zero-order valence-electron chi connectivity index (χ0n) is 8.88. The van der Waals surface area contributed by atoms with Crippen LogP contribution in [0.2, 0.25) is 0 Å². The van der Waals surface area contributed by atoms with Gasteiger partial charge in [-0.05, 0) is 18.2 Å². The van der Waals surface area contributed by atoms with Crippen molar-refractivity contribution in [2.45, 2.75) is 12.5 Å². The van der Waals surface area contributed by atoms with E-state index in [2.05, 4.69) is 11.2 Å². The van der Waals surface area contributed by atoms with Crippen molar-refractivity contribution < 1.29 is 19.8 Å². The third-order valence-electron chi connectivity index (χ3n) is 2.03. The Labute approximate surface area is 98.1 Å². The minimum atomic E-state index is -1.20. The summed E-state index contributed by atoms with van der Waals surface area (Å²) in [7, 11) is 0. The third-order valence-corrected chi connectivity index (χ3v) is 2.03. The van der Waals surface area contributed by atoms with E-state index in [1.165, 1.54) is 24.3 Å². The van der Waals surface area contributed by atoms with Crippen LogP contribution in [-0.2, 0) is 4.79 Å². The van der Waals surface area contributed by atoms with Gasteiger partial charge in [-0.1, -0.05) is 6.07 Å². The molecule has 1 amide bonds. The number of amides is 1. The van der Waals surface area contributed by atoms with Crippen LogP contribution >= 0.6 is 0 Å². The Balaban J connectivity index is 2.78. The number of carboxylic acid groups (broad SMARTS) is 1. The first kappa shape index (κ1) is 12.6. The highest BCUT2D eigenvalue weighted by atomic mass is 16.4. The van der Waals surface area contributed by atoms with Gasteiger partial charge in [0.15, 0.2) is 0 Å². The summed E-state index contributed by atoms with van der Waals surface area (Å²) in [6.45, 7) is 0. The molecule has 0 radical (unpaired) electrons. The van der Waals surface area contributed by atoms with E-state index in [1.54, 1.807) is 0 Å². The standard InChI is InChI=1S/C12H11NO4/c1-2-4-10(12(16)17)13-11(15)8-5-3-6-9(14)7-8/h1,3,5-7,10,14H,4H2,(H,13,15)(H,16,17). The van der Waals surface area contributed by atoms with Crippen molar-refractivity contribution in [1.82, 2.24) is 5.32 Å². The number of benzene rings is 1. The molecule has 1 atom stereocenters. The lowest BCUT2D eigenvalue weighted by Crippen LogP contribution is -2.40. The van der Waals surface area contributed by atoms with Gasteiger partial charge in [-0.25, -0.2) is 4.79 Å². The van der Waals surface area contributed by atoms with Gasteiger partial charge < -0.3 is 15.5 Å². The largest absolute Gasteiger partial charge is 0.508 e. The fraction of sp³-hybridized carbons (Fsp3) is 0.167. The van der Waals surface area contributed by atoms with E-state index in [1.807, 2.05) is 0 Å². The van der Waals surface area contributed by atoms with Gasteiger partial charge in [-0.15, -0.1) is 12.3 Å². The molecule has 0 heterocycles. The first-order valence-electron chi connectivity index (χ1n) is 4.80. The molecule has 1 rings (SSSR count). The molecule has 0 aromatic heterocycles. The predicted octanol–water partition coefficient (Wildman–Crippen LogP) is 0.598. The number of rotatable bonds is 4. The summed E-state index contributed by atoms with van der Waals surface area (Å²) in [5, 5.41) is 20.2. The van der Waals surface area contributed by atoms with E-state index in [9.17, 15) is 14.7 Å². The van der Waals surface area contributed by atoms with E-state index in [0.717, 1.165) is 0 Å². The van der Waals surface area contributed by atoms with Crippen LogP contribution in [0.3, 0.4) is 0 Å². The summed E-state index contributed by atoms with van der Waals surface area (Å²) in [6.07, 6.45) is 4.90. The number of terminal acetylenes is 1. The lowest BCUT2D eigenvalue weighted by Gasteiger charge is -2.11. The highest BCUT2D eigenvalue weighted by molar-refractivity contribution is 5.96. The minimum Gasteiger partial charge on any atom is -0.508 e. The predicted molar refractivity (Wildman–Crippen MR) is 60.4 cm³/mol. The van der Waals surface area contributed by atoms with E-state index in [0.29, 0.717) is 0 Å². The van der Waals surface area contributed by atoms with E-state index in [4.69, 9.17) is 11.5 Å². The van der Waals surface area contributed by atoms with E-state index < -0.39 is 17.9 Å². The number of hydrogen-bond donors (Lipinski definition) is 3. The molecule has 0 aliphatic heterocycles. The first-order valence-corrected chi connectivity index (χ1v) is 4.80. The maximum atomic E-state index is 11.6. The van der Waals surface area contributed by atoms with E-state index >= 15 is 0 Å². The first-order chi connectivity index (χ1) is 8.04. The maximum absolute atomic E-state index is 11.6. The second kappa shape index (κ2) is 5.56. The summed E-state index contributed by atoms with van der Waals surface area (Å²) >= 11 is 0. The Morgan fingerprint density at radius 2 is 2.18 bits per heavy atom. The van der Waals surface area contributed by atoms with Crippen LogP contribution in [-0.4, -0.2) is 28.1 Å². The van der Waals surface area contributed by atoms with Crippen LogP contribution in [0.1, 0.15) is 16.8 Å². The van der Waals surface area contributed by atoms with Crippen molar-refractivity contribution in [3.8, 4) is 18.1 Å². The number of phenols is 1. The Bertz CT molecular complexity index is 476. The van der Waals surface area contributed by atoms with Crippen LogP contribution in [0, 0.1) is 12.3 Å². The van der Waals surface area contributed by atoms with Gasteiger partial charge in [0.2, 0.25) is 0 Å². The summed E-state index contributed by atoms with van der Waals surface area (Å²) in [6, 6.07) is 4.47.